The highest BCUT2D eigenvalue weighted by molar-refractivity contribution is 7.80. The minimum Gasteiger partial charge on any atom is -0.388 e. The van der Waals surface area contributed by atoms with Crippen molar-refractivity contribution in [1.82, 2.24) is 14.8 Å². The lowest BCUT2D eigenvalue weighted by Crippen LogP contribution is -2.45. The first kappa shape index (κ1) is 12.9. The van der Waals surface area contributed by atoms with Gasteiger partial charge < -0.3 is 15.5 Å². The molecule has 0 saturated carbocycles. The number of aromatic nitrogens is 1. The molecule has 0 aliphatic carbocycles. The largest absolute Gasteiger partial charge is 0.388 e. The Bertz CT molecular complexity index is 383. The van der Waals surface area contributed by atoms with Crippen LogP contribution < -0.4 is 5.73 Å². The molecular weight excluding hydrogens is 252 g/mol. The number of hydrogen-bond acceptors (Lipinski definition) is 5. The molecule has 0 bridgehead atoms. The summed E-state index contributed by atoms with van der Waals surface area (Å²) in [5, 5.41) is 3.08. The molecule has 2 rings (SSSR count). The zero-order valence-corrected chi connectivity index (χ0v) is 11.7. The molecule has 17 heavy (non-hydrogen) atoms. The summed E-state index contributed by atoms with van der Waals surface area (Å²) < 4.78 is 0. The molecule has 0 amide bonds. The van der Waals surface area contributed by atoms with Gasteiger partial charge in [0.1, 0.15) is 10.7 Å². The molecule has 0 spiro atoms. The maximum Gasteiger partial charge on any atom is 0.123 e. The van der Waals surface area contributed by atoms with Gasteiger partial charge in [-0.15, -0.1) is 11.3 Å². The molecule has 0 radical (unpaired) electrons. The van der Waals surface area contributed by atoms with E-state index < -0.39 is 0 Å². The first-order valence-electron chi connectivity index (χ1n) is 5.80. The van der Waals surface area contributed by atoms with Crippen LogP contribution in [-0.2, 0) is 6.42 Å². The highest BCUT2D eigenvalue weighted by atomic mass is 32.1. The molecular formula is C11H18N4S2. The third-order valence-electron chi connectivity index (χ3n) is 3.04. The van der Waals surface area contributed by atoms with E-state index in [0.29, 0.717) is 4.99 Å². The zero-order chi connectivity index (χ0) is 12.3. The van der Waals surface area contributed by atoms with Gasteiger partial charge in [-0.05, 0) is 7.05 Å². The van der Waals surface area contributed by atoms with E-state index in [0.717, 1.165) is 49.8 Å². The van der Waals surface area contributed by atoms with E-state index in [1.54, 1.807) is 11.3 Å². The van der Waals surface area contributed by atoms with Crippen molar-refractivity contribution in [3.63, 3.8) is 0 Å². The van der Waals surface area contributed by atoms with E-state index in [4.69, 9.17) is 18.0 Å². The fourth-order valence-corrected chi connectivity index (χ4v) is 2.83. The first-order chi connectivity index (χ1) is 8.15. The SMILES string of the molecule is CN1CCN(CCc2nc(C(N)=S)cs2)CC1. The van der Waals surface area contributed by atoms with Crippen molar-refractivity contribution >= 4 is 28.5 Å². The number of rotatable bonds is 4. The Kier molecular flexibility index (Phi) is 4.44. The lowest BCUT2D eigenvalue weighted by molar-refractivity contribution is 0.155. The van der Waals surface area contributed by atoms with Gasteiger partial charge in [0.15, 0.2) is 0 Å². The van der Waals surface area contributed by atoms with Crippen LogP contribution in [-0.4, -0.2) is 59.5 Å². The van der Waals surface area contributed by atoms with Gasteiger partial charge in [0.25, 0.3) is 0 Å². The van der Waals surface area contributed by atoms with Gasteiger partial charge in [-0.2, -0.15) is 0 Å². The maximum absolute atomic E-state index is 5.54. The molecule has 2 heterocycles. The summed E-state index contributed by atoms with van der Waals surface area (Å²) in [7, 11) is 2.17. The summed E-state index contributed by atoms with van der Waals surface area (Å²) in [5.41, 5.74) is 6.30. The van der Waals surface area contributed by atoms with Crippen molar-refractivity contribution in [2.45, 2.75) is 6.42 Å². The summed E-state index contributed by atoms with van der Waals surface area (Å²) in [6.07, 6.45) is 0.997. The summed E-state index contributed by atoms with van der Waals surface area (Å²) >= 11 is 6.55. The number of thiazole rings is 1. The molecule has 1 aromatic rings. The highest BCUT2D eigenvalue weighted by Crippen LogP contribution is 2.11. The van der Waals surface area contributed by atoms with Crippen LogP contribution >= 0.6 is 23.6 Å². The molecule has 1 aliphatic heterocycles. The van der Waals surface area contributed by atoms with E-state index in [2.05, 4.69) is 21.8 Å². The van der Waals surface area contributed by atoms with Crippen LogP contribution in [0.15, 0.2) is 5.38 Å². The predicted octanol–water partition coefficient (Wildman–Crippen LogP) is 0.567. The van der Waals surface area contributed by atoms with Gasteiger partial charge in [0.05, 0.1) is 5.01 Å². The highest BCUT2D eigenvalue weighted by Gasteiger charge is 2.14. The van der Waals surface area contributed by atoms with Crippen LogP contribution in [0.4, 0.5) is 0 Å². The van der Waals surface area contributed by atoms with E-state index in [1.807, 2.05) is 5.38 Å². The Labute approximate surface area is 111 Å². The minimum atomic E-state index is 0.395. The Morgan fingerprint density at radius 2 is 2.18 bits per heavy atom. The number of nitrogens with zero attached hydrogens (tertiary/aromatic N) is 3. The van der Waals surface area contributed by atoms with Crippen LogP contribution in [0.3, 0.4) is 0 Å². The minimum absolute atomic E-state index is 0.395. The molecule has 1 saturated heterocycles. The summed E-state index contributed by atoms with van der Waals surface area (Å²) in [4.78, 5) is 9.67. The fourth-order valence-electron chi connectivity index (χ4n) is 1.86. The lowest BCUT2D eigenvalue weighted by atomic mass is 10.3. The topological polar surface area (TPSA) is 45.4 Å². The van der Waals surface area contributed by atoms with Gasteiger partial charge >= 0.3 is 0 Å². The number of thiocarbonyl (C=S) groups is 1. The Morgan fingerprint density at radius 3 is 2.76 bits per heavy atom. The van der Waals surface area contributed by atoms with Crippen molar-refractivity contribution in [1.29, 1.82) is 0 Å². The van der Waals surface area contributed by atoms with Gasteiger partial charge in [-0.1, -0.05) is 12.2 Å². The van der Waals surface area contributed by atoms with E-state index in [9.17, 15) is 0 Å². The van der Waals surface area contributed by atoms with Gasteiger partial charge in [0.2, 0.25) is 0 Å². The Hall–Kier alpha value is -0.560. The number of hydrogen-bond donors (Lipinski definition) is 1. The third kappa shape index (κ3) is 3.70. The van der Waals surface area contributed by atoms with Crippen molar-refractivity contribution in [2.24, 2.45) is 5.73 Å². The van der Waals surface area contributed by atoms with Crippen LogP contribution in [0, 0.1) is 0 Å². The molecule has 0 unspecified atom stereocenters. The molecule has 1 fully saturated rings. The third-order valence-corrected chi connectivity index (χ3v) is 4.16. The van der Waals surface area contributed by atoms with Crippen LogP contribution in [0.1, 0.15) is 10.7 Å². The molecule has 0 aromatic carbocycles. The second kappa shape index (κ2) is 5.86. The first-order valence-corrected chi connectivity index (χ1v) is 7.09. The number of likely N-dealkylation sites (N-methyl/N-ethyl adjacent to an activating group) is 1. The number of nitrogens with two attached hydrogens (primary N) is 1. The van der Waals surface area contributed by atoms with Crippen LogP contribution in [0.5, 0.6) is 0 Å². The van der Waals surface area contributed by atoms with E-state index in [1.165, 1.54) is 0 Å². The summed E-state index contributed by atoms with van der Waals surface area (Å²) in [6.45, 7) is 5.72. The standard InChI is InChI=1S/C11H18N4S2/c1-14-4-6-15(7-5-14)3-2-10-13-9(8-17-10)11(12)16/h8H,2-7H2,1H3,(H2,12,16). The predicted molar refractivity (Wildman–Crippen MR) is 75.6 cm³/mol. The van der Waals surface area contributed by atoms with Gasteiger partial charge in [-0.25, -0.2) is 4.98 Å². The lowest BCUT2D eigenvalue weighted by Gasteiger charge is -2.32. The molecule has 94 valence electrons. The molecule has 0 atom stereocenters. The van der Waals surface area contributed by atoms with Crippen molar-refractivity contribution in [2.75, 3.05) is 39.8 Å². The van der Waals surface area contributed by atoms with Crippen molar-refractivity contribution < 1.29 is 0 Å². The molecule has 1 aromatic heterocycles. The Balaban J connectivity index is 1.79. The normalized spacial score (nSPS) is 18.4. The maximum atomic E-state index is 5.54. The van der Waals surface area contributed by atoms with Crippen molar-refractivity contribution in [3.8, 4) is 0 Å². The van der Waals surface area contributed by atoms with E-state index in [-0.39, 0.29) is 0 Å². The zero-order valence-electron chi connectivity index (χ0n) is 10.1. The molecule has 4 nitrogen and oxygen atoms in total. The van der Waals surface area contributed by atoms with Crippen LogP contribution in [0.2, 0.25) is 0 Å². The molecule has 1 aliphatic rings. The summed E-state index contributed by atoms with van der Waals surface area (Å²) in [5.74, 6) is 0. The average Bonchev–Trinajstić information content (AvgIpc) is 2.77. The monoisotopic (exact) mass is 270 g/mol. The molecule has 2 N–H and O–H groups in total. The van der Waals surface area contributed by atoms with Gasteiger partial charge in [-0.3, -0.25) is 0 Å². The quantitative estimate of drug-likeness (QED) is 0.810. The van der Waals surface area contributed by atoms with Crippen LogP contribution in [0.25, 0.3) is 0 Å². The average molecular weight is 270 g/mol. The fraction of sp³-hybridized carbons (Fsp3) is 0.636. The van der Waals surface area contributed by atoms with Gasteiger partial charge in [0, 0.05) is 44.5 Å². The summed E-state index contributed by atoms with van der Waals surface area (Å²) in [6, 6.07) is 0. The van der Waals surface area contributed by atoms with E-state index >= 15 is 0 Å². The smallest absolute Gasteiger partial charge is 0.123 e. The second-order valence-electron chi connectivity index (χ2n) is 4.39. The molecule has 6 heteroatoms. The second-order valence-corrected chi connectivity index (χ2v) is 5.77. The Morgan fingerprint density at radius 1 is 1.47 bits per heavy atom. The van der Waals surface area contributed by atoms with Crippen molar-refractivity contribution in [3.05, 3.63) is 16.1 Å². The number of piperazine rings is 1.